The van der Waals surface area contributed by atoms with Crippen molar-refractivity contribution in [3.63, 3.8) is 0 Å². The molecule has 0 aliphatic heterocycles. The zero-order valence-electron chi connectivity index (χ0n) is 17.2. The van der Waals surface area contributed by atoms with Crippen LogP contribution < -0.4 is 0 Å². The molecule has 0 atom stereocenters. The van der Waals surface area contributed by atoms with Gasteiger partial charge in [-0.2, -0.15) is 0 Å². The van der Waals surface area contributed by atoms with Gasteiger partial charge in [0.25, 0.3) is 0 Å². The summed E-state index contributed by atoms with van der Waals surface area (Å²) in [6.07, 6.45) is 0. The average Bonchev–Trinajstić information content (AvgIpc) is 2.70. The summed E-state index contributed by atoms with van der Waals surface area (Å²) in [6.45, 7) is 12.0. The smallest absolute Gasteiger partial charge is 0.340 e. The summed E-state index contributed by atoms with van der Waals surface area (Å²) in [5.74, 6) is -1.53. The molecule has 0 unspecified atom stereocenters. The lowest BCUT2D eigenvalue weighted by Gasteiger charge is -2.13. The van der Waals surface area contributed by atoms with E-state index in [1.54, 1.807) is 42.5 Å². The normalized spacial score (nSPS) is 10.7. The first-order valence-electron chi connectivity index (χ1n) is 9.67. The number of carboxylic acids is 1. The van der Waals surface area contributed by atoms with Gasteiger partial charge in [0.1, 0.15) is 11.3 Å². The van der Waals surface area contributed by atoms with Crippen molar-refractivity contribution in [1.82, 2.24) is 9.88 Å². The van der Waals surface area contributed by atoms with Crippen molar-refractivity contribution in [3.8, 4) is 17.0 Å². The Morgan fingerprint density at radius 2 is 1.62 bits per heavy atom. The molecule has 154 valence electrons. The molecule has 0 spiro atoms. The van der Waals surface area contributed by atoms with E-state index < -0.39 is 5.97 Å². The second-order valence-corrected chi connectivity index (χ2v) is 7.07. The van der Waals surface area contributed by atoms with Gasteiger partial charge >= 0.3 is 5.97 Å². The third-order valence-corrected chi connectivity index (χ3v) is 5.04. The number of aromatic nitrogens is 1. The lowest BCUT2D eigenvalue weighted by molar-refractivity contribution is 0.0696. The third kappa shape index (κ3) is 5.46. The summed E-state index contributed by atoms with van der Waals surface area (Å²) >= 11 is 5.86. The van der Waals surface area contributed by atoms with Crippen LogP contribution in [0.15, 0.2) is 42.5 Å². The van der Waals surface area contributed by atoms with Crippen LogP contribution in [0.25, 0.3) is 22.2 Å². The average molecular weight is 415 g/mol. The number of aryl methyl sites for hydroxylation is 1. The van der Waals surface area contributed by atoms with Gasteiger partial charge in [0.05, 0.1) is 5.52 Å². The summed E-state index contributed by atoms with van der Waals surface area (Å²) in [7, 11) is 0. The Kier molecular flexibility index (Phi) is 8.00. The first kappa shape index (κ1) is 22.7. The second-order valence-electron chi connectivity index (χ2n) is 6.64. The van der Waals surface area contributed by atoms with Gasteiger partial charge < -0.3 is 15.1 Å². The first-order valence-corrected chi connectivity index (χ1v) is 10.0. The fourth-order valence-corrected chi connectivity index (χ4v) is 3.19. The molecule has 0 bridgehead atoms. The van der Waals surface area contributed by atoms with Crippen LogP contribution in [0.4, 0.5) is 0 Å². The van der Waals surface area contributed by atoms with Gasteiger partial charge in [0.2, 0.25) is 0 Å². The Balaban J connectivity index is 0.000000370. The Morgan fingerprint density at radius 1 is 1.03 bits per heavy atom. The lowest BCUT2D eigenvalue weighted by Crippen LogP contribution is -2.21. The van der Waals surface area contributed by atoms with Crippen molar-refractivity contribution in [2.45, 2.75) is 27.7 Å². The van der Waals surface area contributed by atoms with Crippen molar-refractivity contribution in [1.29, 1.82) is 0 Å². The van der Waals surface area contributed by atoms with Crippen molar-refractivity contribution in [3.05, 3.63) is 58.6 Å². The highest BCUT2D eigenvalue weighted by atomic mass is 35.5. The number of hydrogen-bond donors (Lipinski definition) is 2. The molecule has 2 aromatic carbocycles. The lowest BCUT2D eigenvalue weighted by atomic mass is 10.0. The van der Waals surface area contributed by atoms with Crippen LogP contribution in [0.5, 0.6) is 5.75 Å². The second kappa shape index (κ2) is 10.2. The fraction of sp³-hybridized carbons (Fsp3) is 0.304. The number of nitrogens with zero attached hydrogens (tertiary/aromatic N) is 2. The molecule has 0 saturated heterocycles. The first-order chi connectivity index (χ1) is 13.8. The minimum absolute atomic E-state index is 0.144. The van der Waals surface area contributed by atoms with Crippen molar-refractivity contribution in [2.24, 2.45) is 0 Å². The quantitative estimate of drug-likeness (QED) is 0.567. The molecule has 0 fully saturated rings. The number of rotatable bonds is 5. The minimum atomic E-state index is -1.19. The highest BCUT2D eigenvalue weighted by Gasteiger charge is 2.20. The number of carbonyl (C=O) groups is 1. The maximum Gasteiger partial charge on any atom is 0.340 e. The van der Waals surface area contributed by atoms with E-state index in [1.165, 1.54) is 19.6 Å². The molecule has 29 heavy (non-hydrogen) atoms. The maximum absolute atomic E-state index is 11.5. The van der Waals surface area contributed by atoms with E-state index in [-0.39, 0.29) is 17.0 Å². The van der Waals surface area contributed by atoms with Gasteiger partial charge in [-0.1, -0.05) is 56.6 Å². The van der Waals surface area contributed by atoms with Gasteiger partial charge in [-0.3, -0.25) is 0 Å². The fourth-order valence-electron chi connectivity index (χ4n) is 3.06. The van der Waals surface area contributed by atoms with Crippen molar-refractivity contribution >= 4 is 28.5 Å². The summed E-state index contributed by atoms with van der Waals surface area (Å²) < 4.78 is 0. The van der Waals surface area contributed by atoms with Crippen LogP contribution >= 0.6 is 11.6 Å². The third-order valence-electron chi connectivity index (χ3n) is 4.79. The van der Waals surface area contributed by atoms with Crippen LogP contribution in [0.1, 0.15) is 36.7 Å². The van der Waals surface area contributed by atoms with Gasteiger partial charge in [0, 0.05) is 16.0 Å². The number of benzene rings is 2. The maximum atomic E-state index is 11.5. The summed E-state index contributed by atoms with van der Waals surface area (Å²) in [6, 6.07) is 12.0. The molecule has 0 radical (unpaired) electrons. The zero-order valence-corrected chi connectivity index (χ0v) is 18.0. The molecule has 3 aromatic rings. The van der Waals surface area contributed by atoms with Gasteiger partial charge in [0.15, 0.2) is 5.75 Å². The summed E-state index contributed by atoms with van der Waals surface area (Å²) in [5.41, 5.74) is 2.18. The molecule has 3 rings (SSSR count). The predicted molar refractivity (Wildman–Crippen MR) is 119 cm³/mol. The van der Waals surface area contributed by atoms with Crippen LogP contribution in [0, 0.1) is 6.92 Å². The van der Waals surface area contributed by atoms with Gasteiger partial charge in [-0.25, -0.2) is 9.78 Å². The number of fused-ring (bicyclic) bond motifs is 1. The van der Waals surface area contributed by atoms with Gasteiger partial charge in [-0.15, -0.1) is 0 Å². The molecule has 0 saturated carbocycles. The standard InChI is InChI=1S/C17H12ClNO3.C6H15N/c1-9-2-7-12-13(8-9)19-15(16(20)14(12)17(21)22)10-3-5-11(18)6-4-10;1-4-7(5-2)6-3/h2-8,20H,1H3,(H,21,22);4-6H2,1-3H3. The van der Waals surface area contributed by atoms with Crippen LogP contribution in [0.3, 0.4) is 0 Å². The number of halogens is 1. The molecule has 1 aromatic heterocycles. The molecule has 1 heterocycles. The summed E-state index contributed by atoms with van der Waals surface area (Å²) in [5, 5.41) is 20.8. The number of aromatic hydroxyl groups is 1. The van der Waals surface area contributed by atoms with E-state index in [1.807, 2.05) is 6.92 Å². The molecule has 0 amide bonds. The monoisotopic (exact) mass is 414 g/mol. The molecule has 6 heteroatoms. The highest BCUT2D eigenvalue weighted by Crippen LogP contribution is 2.35. The Bertz CT molecular complexity index is 978. The zero-order chi connectivity index (χ0) is 21.6. The topological polar surface area (TPSA) is 73.7 Å². The Labute approximate surface area is 176 Å². The van der Waals surface area contributed by atoms with Crippen LogP contribution in [-0.4, -0.2) is 45.7 Å². The number of carboxylic acid groups (broad SMARTS) is 1. The number of pyridine rings is 1. The van der Waals surface area contributed by atoms with Crippen molar-refractivity contribution < 1.29 is 15.0 Å². The Morgan fingerprint density at radius 3 is 2.10 bits per heavy atom. The largest absolute Gasteiger partial charge is 0.505 e. The highest BCUT2D eigenvalue weighted by molar-refractivity contribution is 6.30. The van der Waals surface area contributed by atoms with E-state index in [4.69, 9.17) is 11.6 Å². The van der Waals surface area contributed by atoms with E-state index >= 15 is 0 Å². The van der Waals surface area contributed by atoms with E-state index in [9.17, 15) is 15.0 Å². The molecule has 2 N–H and O–H groups in total. The van der Waals surface area contributed by atoms with Gasteiger partial charge in [-0.05, 0) is 50.3 Å². The molecule has 5 nitrogen and oxygen atoms in total. The molecular weight excluding hydrogens is 388 g/mol. The molecular formula is C23H27ClN2O3. The predicted octanol–water partition coefficient (Wildman–Crippen LogP) is 5.62. The van der Waals surface area contributed by atoms with Crippen molar-refractivity contribution in [2.75, 3.05) is 19.6 Å². The number of hydrogen-bond acceptors (Lipinski definition) is 4. The van der Waals surface area contributed by atoms with E-state index in [0.29, 0.717) is 21.5 Å². The van der Waals surface area contributed by atoms with Crippen LogP contribution in [0.2, 0.25) is 5.02 Å². The molecule has 0 aliphatic rings. The Hall–Kier alpha value is -2.63. The van der Waals surface area contributed by atoms with E-state index in [2.05, 4.69) is 30.7 Å². The summed E-state index contributed by atoms with van der Waals surface area (Å²) in [4.78, 5) is 18.3. The minimum Gasteiger partial charge on any atom is -0.505 e. The number of aromatic carboxylic acids is 1. The SMILES string of the molecule is CCN(CC)CC.Cc1ccc2c(C(=O)O)c(O)c(-c3ccc(Cl)cc3)nc2c1. The van der Waals surface area contributed by atoms with E-state index in [0.717, 1.165) is 5.56 Å². The molecule has 0 aliphatic carbocycles. The van der Waals surface area contributed by atoms with Crippen LogP contribution in [-0.2, 0) is 0 Å².